The normalized spacial score (nSPS) is 18.8. The van der Waals surface area contributed by atoms with Gasteiger partial charge in [0.15, 0.2) is 0 Å². The summed E-state index contributed by atoms with van der Waals surface area (Å²) in [5, 5.41) is 2.67. The smallest absolute Gasteiger partial charge is 0.229 e. The summed E-state index contributed by atoms with van der Waals surface area (Å²) in [4.78, 5) is 25.6. The zero-order valence-corrected chi connectivity index (χ0v) is 11.9. The van der Waals surface area contributed by atoms with Crippen molar-refractivity contribution in [1.29, 1.82) is 0 Å². The van der Waals surface area contributed by atoms with Gasteiger partial charge in [-0.1, -0.05) is 6.07 Å². The Morgan fingerprint density at radius 1 is 1.45 bits per heavy atom. The van der Waals surface area contributed by atoms with Gasteiger partial charge >= 0.3 is 0 Å². The lowest BCUT2D eigenvalue weighted by molar-refractivity contribution is -0.129. The molecule has 4 nitrogen and oxygen atoms in total. The van der Waals surface area contributed by atoms with Crippen molar-refractivity contribution >= 4 is 17.5 Å². The molecule has 1 aromatic rings. The zero-order chi connectivity index (χ0) is 14.9. The third-order valence-corrected chi connectivity index (χ3v) is 3.59. The number of nitrogens with zero attached hydrogens (tertiary/aromatic N) is 1. The number of amides is 2. The van der Waals surface area contributed by atoms with Crippen molar-refractivity contribution in [2.75, 3.05) is 11.9 Å². The summed E-state index contributed by atoms with van der Waals surface area (Å²) in [5.74, 6) is -0.955. The molecule has 0 aliphatic carbocycles. The lowest BCUT2D eigenvalue weighted by Gasteiger charge is -2.20. The largest absolute Gasteiger partial charge is 0.339 e. The topological polar surface area (TPSA) is 49.4 Å². The Morgan fingerprint density at radius 2 is 2.15 bits per heavy atom. The van der Waals surface area contributed by atoms with Gasteiger partial charge in [0.2, 0.25) is 11.8 Å². The van der Waals surface area contributed by atoms with Crippen LogP contribution in [0.3, 0.4) is 0 Å². The average Bonchev–Trinajstić information content (AvgIpc) is 2.76. The highest BCUT2D eigenvalue weighted by atomic mass is 19.1. The predicted octanol–water partition coefficient (Wildman–Crippen LogP) is 2.33. The Kier molecular flexibility index (Phi) is 4.06. The molecule has 108 valence electrons. The third kappa shape index (κ3) is 2.98. The summed E-state index contributed by atoms with van der Waals surface area (Å²) in [6.07, 6.45) is 0.221. The molecule has 1 aliphatic rings. The molecule has 1 aromatic carbocycles. The monoisotopic (exact) mass is 278 g/mol. The Bertz CT molecular complexity index is 543. The Labute approximate surface area is 118 Å². The molecule has 0 bridgehead atoms. The Balaban J connectivity index is 2.02. The molecule has 0 saturated carbocycles. The fraction of sp³-hybridized carbons (Fsp3) is 0.467. The highest BCUT2D eigenvalue weighted by Gasteiger charge is 2.35. The van der Waals surface area contributed by atoms with Crippen molar-refractivity contribution in [3.8, 4) is 0 Å². The maximum Gasteiger partial charge on any atom is 0.229 e. The second kappa shape index (κ2) is 5.61. The summed E-state index contributed by atoms with van der Waals surface area (Å²) in [5.41, 5.74) is 0.957. The highest BCUT2D eigenvalue weighted by Crippen LogP contribution is 2.22. The molecule has 1 saturated heterocycles. The van der Waals surface area contributed by atoms with Crippen LogP contribution in [0.15, 0.2) is 18.2 Å². The first-order valence-electron chi connectivity index (χ1n) is 6.75. The summed E-state index contributed by atoms with van der Waals surface area (Å²) < 4.78 is 13.4. The van der Waals surface area contributed by atoms with Crippen LogP contribution in [0.25, 0.3) is 0 Å². The Morgan fingerprint density at radius 3 is 2.70 bits per heavy atom. The van der Waals surface area contributed by atoms with Crippen molar-refractivity contribution in [2.24, 2.45) is 5.92 Å². The maximum absolute atomic E-state index is 13.4. The molecule has 1 atom stereocenters. The minimum atomic E-state index is -0.366. The first-order valence-corrected chi connectivity index (χ1v) is 6.75. The molecule has 2 amide bonds. The molecule has 1 heterocycles. The van der Waals surface area contributed by atoms with Gasteiger partial charge in [0, 0.05) is 24.7 Å². The lowest BCUT2D eigenvalue weighted by atomic mass is 10.1. The molecule has 0 radical (unpaired) electrons. The number of halogens is 1. The van der Waals surface area contributed by atoms with Gasteiger partial charge in [-0.3, -0.25) is 9.59 Å². The van der Waals surface area contributed by atoms with Crippen molar-refractivity contribution in [1.82, 2.24) is 4.90 Å². The Hall–Kier alpha value is -1.91. The molecular formula is C15H19FN2O2. The van der Waals surface area contributed by atoms with E-state index in [4.69, 9.17) is 0 Å². The van der Waals surface area contributed by atoms with Crippen molar-refractivity contribution in [2.45, 2.75) is 33.2 Å². The number of likely N-dealkylation sites (tertiary alicyclic amines) is 1. The predicted molar refractivity (Wildman–Crippen MR) is 74.7 cm³/mol. The fourth-order valence-electron chi connectivity index (χ4n) is 2.32. The molecule has 0 spiro atoms. The summed E-state index contributed by atoms with van der Waals surface area (Å²) in [7, 11) is 0. The van der Waals surface area contributed by atoms with Crippen molar-refractivity contribution < 1.29 is 14.0 Å². The molecule has 5 heteroatoms. The van der Waals surface area contributed by atoms with Gasteiger partial charge in [0.05, 0.1) is 5.92 Å². The van der Waals surface area contributed by atoms with Crippen LogP contribution in [0.4, 0.5) is 10.1 Å². The van der Waals surface area contributed by atoms with Crippen LogP contribution in [0.2, 0.25) is 0 Å². The van der Waals surface area contributed by atoms with Gasteiger partial charge in [-0.15, -0.1) is 0 Å². The first kappa shape index (κ1) is 14.5. The lowest BCUT2D eigenvalue weighted by Crippen LogP contribution is -2.33. The van der Waals surface area contributed by atoms with E-state index in [9.17, 15) is 14.0 Å². The number of rotatable bonds is 3. The van der Waals surface area contributed by atoms with Crippen LogP contribution in [0, 0.1) is 18.7 Å². The van der Waals surface area contributed by atoms with E-state index in [2.05, 4.69) is 5.32 Å². The number of aryl methyl sites for hydroxylation is 1. The van der Waals surface area contributed by atoms with E-state index in [1.807, 2.05) is 13.8 Å². The number of carbonyl (C=O) groups excluding carboxylic acids is 2. The van der Waals surface area contributed by atoms with E-state index in [1.54, 1.807) is 24.0 Å². The summed E-state index contributed by atoms with van der Waals surface area (Å²) >= 11 is 0. The van der Waals surface area contributed by atoms with Gasteiger partial charge < -0.3 is 10.2 Å². The minimum Gasteiger partial charge on any atom is -0.339 e. The van der Waals surface area contributed by atoms with Gasteiger partial charge in [-0.05, 0) is 38.5 Å². The van der Waals surface area contributed by atoms with Crippen LogP contribution in [-0.4, -0.2) is 29.3 Å². The van der Waals surface area contributed by atoms with Crippen LogP contribution in [0.1, 0.15) is 25.8 Å². The van der Waals surface area contributed by atoms with Crippen molar-refractivity contribution in [3.05, 3.63) is 29.6 Å². The minimum absolute atomic E-state index is 0.00441. The molecular weight excluding hydrogens is 259 g/mol. The van der Waals surface area contributed by atoms with E-state index in [0.717, 1.165) is 0 Å². The van der Waals surface area contributed by atoms with E-state index >= 15 is 0 Å². The second-order valence-electron chi connectivity index (χ2n) is 5.49. The quantitative estimate of drug-likeness (QED) is 0.922. The van der Waals surface area contributed by atoms with Gasteiger partial charge in [-0.25, -0.2) is 4.39 Å². The number of hydrogen-bond donors (Lipinski definition) is 1. The van der Waals surface area contributed by atoms with Gasteiger partial charge in [0.25, 0.3) is 0 Å². The number of benzene rings is 1. The molecule has 1 aliphatic heterocycles. The molecule has 0 aromatic heterocycles. The molecule has 20 heavy (non-hydrogen) atoms. The maximum atomic E-state index is 13.4. The highest BCUT2D eigenvalue weighted by molar-refractivity contribution is 5.97. The number of carbonyl (C=O) groups is 2. The standard InChI is InChI=1S/C15H19FN2O2/c1-9(2)18-8-11(6-14(18)19)15(20)17-12-5-4-10(3)13(16)7-12/h4-5,7,9,11H,6,8H2,1-3H3,(H,17,20)/t11-/m1/s1. The molecule has 0 unspecified atom stereocenters. The average molecular weight is 278 g/mol. The zero-order valence-electron chi connectivity index (χ0n) is 11.9. The van der Waals surface area contributed by atoms with E-state index < -0.39 is 0 Å². The van der Waals surface area contributed by atoms with E-state index in [-0.39, 0.29) is 36.0 Å². The SMILES string of the molecule is Cc1ccc(NC(=O)[C@@H]2CC(=O)N(C(C)C)C2)cc1F. The van der Waals surface area contributed by atoms with Crippen LogP contribution < -0.4 is 5.32 Å². The van der Waals surface area contributed by atoms with Crippen LogP contribution in [-0.2, 0) is 9.59 Å². The van der Waals surface area contributed by atoms with Gasteiger partial charge in [-0.2, -0.15) is 0 Å². The third-order valence-electron chi connectivity index (χ3n) is 3.59. The first-order chi connectivity index (χ1) is 9.38. The fourth-order valence-corrected chi connectivity index (χ4v) is 2.32. The number of nitrogens with one attached hydrogen (secondary N) is 1. The molecule has 1 N–H and O–H groups in total. The van der Waals surface area contributed by atoms with E-state index in [1.165, 1.54) is 6.07 Å². The van der Waals surface area contributed by atoms with Gasteiger partial charge in [0.1, 0.15) is 5.82 Å². The summed E-state index contributed by atoms with van der Waals surface area (Å²) in [6, 6.07) is 4.67. The van der Waals surface area contributed by atoms with Crippen LogP contribution >= 0.6 is 0 Å². The molecule has 2 rings (SSSR count). The van der Waals surface area contributed by atoms with Crippen molar-refractivity contribution in [3.63, 3.8) is 0 Å². The number of hydrogen-bond acceptors (Lipinski definition) is 2. The van der Waals surface area contributed by atoms with Crippen LogP contribution in [0.5, 0.6) is 0 Å². The number of anilines is 1. The van der Waals surface area contributed by atoms with E-state index in [0.29, 0.717) is 17.8 Å². The molecule has 1 fully saturated rings. The summed E-state index contributed by atoms with van der Waals surface area (Å²) in [6.45, 7) is 5.94. The second-order valence-corrected chi connectivity index (χ2v) is 5.49.